The van der Waals surface area contributed by atoms with Crippen molar-refractivity contribution in [3.05, 3.63) is 38.2 Å². The molecular formula is C9H7Br3N4O2S. The molecule has 0 spiro atoms. The van der Waals surface area contributed by atoms with Gasteiger partial charge in [-0.15, -0.1) is 0 Å². The van der Waals surface area contributed by atoms with Gasteiger partial charge in [-0.25, -0.2) is 14.5 Å². The van der Waals surface area contributed by atoms with E-state index in [1.165, 1.54) is 16.8 Å². The summed E-state index contributed by atoms with van der Waals surface area (Å²) in [6.45, 7) is 0. The third kappa shape index (κ3) is 3.12. The van der Waals surface area contributed by atoms with Crippen LogP contribution >= 0.6 is 47.8 Å². The maximum atomic E-state index is 12.2. The number of nitrogens with one attached hydrogen (secondary N) is 1. The smallest absolute Gasteiger partial charge is 0.275 e. The number of nitrogens with two attached hydrogens (primary N) is 1. The van der Waals surface area contributed by atoms with Gasteiger partial charge >= 0.3 is 0 Å². The lowest BCUT2D eigenvalue weighted by atomic mass is 10.3. The Hall–Kier alpha value is -0.580. The van der Waals surface area contributed by atoms with Crippen molar-refractivity contribution in [2.24, 2.45) is 0 Å². The lowest BCUT2D eigenvalue weighted by molar-refractivity contribution is 0.594. The van der Waals surface area contributed by atoms with Gasteiger partial charge in [-0.2, -0.15) is 8.42 Å². The van der Waals surface area contributed by atoms with E-state index in [0.29, 0.717) is 19.6 Å². The number of anilines is 1. The van der Waals surface area contributed by atoms with Crippen LogP contribution in [-0.4, -0.2) is 18.1 Å². The van der Waals surface area contributed by atoms with Gasteiger partial charge in [0, 0.05) is 5.69 Å². The molecule has 1 aromatic heterocycles. The molecular weight excluding hydrogens is 468 g/mol. The van der Waals surface area contributed by atoms with Crippen LogP contribution in [0.4, 0.5) is 5.69 Å². The normalized spacial score (nSPS) is 11.5. The molecule has 0 bridgehead atoms. The minimum atomic E-state index is -3.76. The van der Waals surface area contributed by atoms with Gasteiger partial charge in [0.15, 0.2) is 4.73 Å². The average Bonchev–Trinajstić information content (AvgIpc) is 2.56. The summed E-state index contributed by atoms with van der Waals surface area (Å²) in [7, 11) is -3.76. The van der Waals surface area contributed by atoms with Crippen molar-refractivity contribution in [2.45, 2.75) is 4.90 Å². The topological polar surface area (TPSA) is 90.0 Å². The summed E-state index contributed by atoms with van der Waals surface area (Å²) in [5.74, 6) is 0. The molecule has 10 heteroatoms. The summed E-state index contributed by atoms with van der Waals surface area (Å²) in [5, 5.41) is 0. The standard InChI is InChI=1S/C9H7Br3N4O2S/c10-7-8(11)16(9(12)14-7)15-19(17,18)6-3-1-2-5(13)4-6/h1-4,15H,13H2. The molecule has 1 aromatic carbocycles. The summed E-state index contributed by atoms with van der Waals surface area (Å²) in [5.41, 5.74) is 5.94. The van der Waals surface area contributed by atoms with Gasteiger partial charge in [0.05, 0.1) is 4.90 Å². The number of rotatable bonds is 3. The Kier molecular flexibility index (Phi) is 4.23. The second-order valence-electron chi connectivity index (χ2n) is 3.47. The molecule has 0 atom stereocenters. The van der Waals surface area contributed by atoms with Crippen molar-refractivity contribution < 1.29 is 8.42 Å². The number of hydrogen-bond acceptors (Lipinski definition) is 4. The Morgan fingerprint density at radius 3 is 2.47 bits per heavy atom. The van der Waals surface area contributed by atoms with E-state index in [1.807, 2.05) is 0 Å². The Labute approximate surface area is 134 Å². The van der Waals surface area contributed by atoms with Crippen LogP contribution in [0.3, 0.4) is 0 Å². The van der Waals surface area contributed by atoms with E-state index < -0.39 is 10.0 Å². The lowest BCUT2D eigenvalue weighted by Gasteiger charge is -2.10. The van der Waals surface area contributed by atoms with Crippen molar-refractivity contribution in [3.8, 4) is 0 Å². The van der Waals surface area contributed by atoms with E-state index in [-0.39, 0.29) is 4.90 Å². The molecule has 0 aliphatic rings. The fourth-order valence-corrected chi connectivity index (χ4v) is 4.20. The maximum Gasteiger partial charge on any atom is 0.275 e. The molecule has 102 valence electrons. The molecule has 0 radical (unpaired) electrons. The van der Waals surface area contributed by atoms with Crippen molar-refractivity contribution >= 4 is 63.5 Å². The molecule has 6 nitrogen and oxygen atoms in total. The van der Waals surface area contributed by atoms with Gasteiger partial charge < -0.3 is 5.73 Å². The van der Waals surface area contributed by atoms with Gasteiger partial charge in [-0.3, -0.25) is 0 Å². The summed E-state index contributed by atoms with van der Waals surface area (Å²) in [6, 6.07) is 6.00. The molecule has 0 aliphatic heterocycles. The fraction of sp³-hybridized carbons (Fsp3) is 0. The zero-order chi connectivity index (χ0) is 14.2. The molecule has 19 heavy (non-hydrogen) atoms. The average molecular weight is 475 g/mol. The van der Waals surface area contributed by atoms with Crippen LogP contribution in [0.15, 0.2) is 43.1 Å². The second-order valence-corrected chi connectivity index (χ2v) is 7.34. The minimum Gasteiger partial charge on any atom is -0.399 e. The molecule has 0 amide bonds. The van der Waals surface area contributed by atoms with Crippen LogP contribution in [0, 0.1) is 0 Å². The highest BCUT2D eigenvalue weighted by molar-refractivity contribution is 9.13. The summed E-state index contributed by atoms with van der Waals surface area (Å²) in [4.78, 5) is 6.44. The highest BCUT2D eigenvalue weighted by Gasteiger charge is 2.19. The van der Waals surface area contributed by atoms with Crippen LogP contribution in [0.2, 0.25) is 0 Å². The van der Waals surface area contributed by atoms with Gasteiger partial charge in [0.2, 0.25) is 0 Å². The van der Waals surface area contributed by atoms with Gasteiger partial charge in [0.25, 0.3) is 10.0 Å². The number of halogens is 3. The first-order valence-electron chi connectivity index (χ1n) is 4.79. The van der Waals surface area contributed by atoms with E-state index in [4.69, 9.17) is 5.73 Å². The summed E-state index contributed by atoms with van der Waals surface area (Å²) in [6.07, 6.45) is 0. The van der Waals surface area contributed by atoms with Crippen molar-refractivity contribution in [1.82, 2.24) is 9.66 Å². The molecule has 2 aromatic rings. The van der Waals surface area contributed by atoms with Crippen LogP contribution in [-0.2, 0) is 10.0 Å². The molecule has 2 rings (SSSR count). The third-order valence-corrected chi connectivity index (χ3v) is 5.77. The predicted molar refractivity (Wildman–Crippen MR) is 82.7 cm³/mol. The van der Waals surface area contributed by atoms with Crippen molar-refractivity contribution in [2.75, 3.05) is 10.6 Å². The van der Waals surface area contributed by atoms with E-state index in [9.17, 15) is 8.42 Å². The predicted octanol–water partition coefficient (Wildman–Crippen LogP) is 2.69. The van der Waals surface area contributed by atoms with E-state index in [0.717, 1.165) is 0 Å². The van der Waals surface area contributed by atoms with Gasteiger partial charge in [0.1, 0.15) is 9.21 Å². The number of aromatic nitrogens is 2. The third-order valence-electron chi connectivity index (χ3n) is 2.12. The number of sulfonamides is 1. The first-order valence-corrected chi connectivity index (χ1v) is 8.65. The minimum absolute atomic E-state index is 0.0659. The monoisotopic (exact) mass is 472 g/mol. The highest BCUT2D eigenvalue weighted by Crippen LogP contribution is 2.26. The Balaban J connectivity index is 2.42. The SMILES string of the molecule is Nc1cccc(S(=O)(=O)Nn2c(Br)nc(Br)c2Br)c1. The van der Waals surface area contributed by atoms with Crippen LogP contribution in [0.25, 0.3) is 0 Å². The Bertz CT molecular complexity index is 729. The number of nitrogen functional groups attached to an aromatic ring is 1. The van der Waals surface area contributed by atoms with Crippen molar-refractivity contribution in [3.63, 3.8) is 0 Å². The second kappa shape index (κ2) is 5.43. The molecule has 0 saturated heterocycles. The molecule has 0 saturated carbocycles. The number of hydrogen-bond donors (Lipinski definition) is 2. The fourth-order valence-electron chi connectivity index (χ4n) is 1.28. The van der Waals surface area contributed by atoms with Crippen LogP contribution in [0.5, 0.6) is 0 Å². The first kappa shape index (κ1) is 14.8. The quantitative estimate of drug-likeness (QED) is 0.669. The number of benzene rings is 1. The van der Waals surface area contributed by atoms with Gasteiger partial charge in [-0.05, 0) is 66.0 Å². The number of nitrogens with zero attached hydrogens (tertiary/aromatic N) is 2. The largest absolute Gasteiger partial charge is 0.399 e. The van der Waals surface area contributed by atoms with Gasteiger partial charge in [-0.1, -0.05) is 6.07 Å². The molecule has 3 N–H and O–H groups in total. The summed E-state index contributed by atoms with van der Waals surface area (Å²) >= 11 is 9.54. The Morgan fingerprint density at radius 1 is 1.26 bits per heavy atom. The first-order chi connectivity index (χ1) is 8.81. The van der Waals surface area contributed by atoms with E-state index in [1.54, 1.807) is 12.1 Å². The molecule has 0 fully saturated rings. The zero-order valence-corrected chi connectivity index (χ0v) is 14.7. The van der Waals surface area contributed by atoms with Crippen molar-refractivity contribution in [1.29, 1.82) is 0 Å². The summed E-state index contributed by atoms with van der Waals surface area (Å²) < 4.78 is 26.8. The maximum absolute atomic E-state index is 12.2. The highest BCUT2D eigenvalue weighted by atomic mass is 79.9. The molecule has 0 unspecified atom stereocenters. The number of imidazole rings is 1. The Morgan fingerprint density at radius 2 is 1.95 bits per heavy atom. The molecule has 0 aliphatic carbocycles. The zero-order valence-electron chi connectivity index (χ0n) is 9.14. The van der Waals surface area contributed by atoms with Crippen LogP contribution in [0.1, 0.15) is 0 Å². The van der Waals surface area contributed by atoms with Crippen LogP contribution < -0.4 is 10.6 Å². The van der Waals surface area contributed by atoms with E-state index >= 15 is 0 Å². The van der Waals surface area contributed by atoms with E-state index in [2.05, 4.69) is 57.6 Å². The lowest BCUT2D eigenvalue weighted by Crippen LogP contribution is -2.23. The molecule has 1 heterocycles.